The van der Waals surface area contributed by atoms with E-state index in [2.05, 4.69) is 0 Å². The number of benzene rings is 2. The molecule has 1 aromatic heterocycles. The normalized spacial score (nSPS) is 13.5. The van der Waals surface area contributed by atoms with Crippen LogP contribution in [-0.4, -0.2) is 27.1 Å². The highest BCUT2D eigenvalue weighted by molar-refractivity contribution is 8.04. The van der Waals surface area contributed by atoms with Crippen molar-refractivity contribution in [1.29, 1.82) is 0 Å². The van der Waals surface area contributed by atoms with Crippen molar-refractivity contribution in [1.82, 2.24) is 3.71 Å². The molecule has 3 aromatic rings. The van der Waals surface area contributed by atoms with Gasteiger partial charge in [0.1, 0.15) is 5.83 Å². The van der Waals surface area contributed by atoms with E-state index in [-0.39, 0.29) is 25.0 Å². The summed E-state index contributed by atoms with van der Waals surface area (Å²) in [5.74, 6) is -1.09. The molecule has 31 heavy (non-hydrogen) atoms. The zero-order valence-electron chi connectivity index (χ0n) is 17.0. The molecule has 5 nitrogen and oxygen atoms in total. The van der Waals surface area contributed by atoms with E-state index in [1.54, 1.807) is 43.5 Å². The van der Waals surface area contributed by atoms with Gasteiger partial charge in [-0.15, -0.1) is 11.3 Å². The average Bonchev–Trinajstić information content (AvgIpc) is 3.27. The van der Waals surface area contributed by atoms with Gasteiger partial charge in [0.15, 0.2) is 0 Å². The van der Waals surface area contributed by atoms with Gasteiger partial charge in [0.05, 0.1) is 16.3 Å². The Labute approximate surface area is 186 Å². The predicted molar refractivity (Wildman–Crippen MR) is 121 cm³/mol. The molecule has 0 aliphatic carbocycles. The first-order valence-corrected chi connectivity index (χ1v) is 13.2. The molecule has 0 unspecified atom stereocenters. The Morgan fingerprint density at radius 3 is 1.71 bits per heavy atom. The Hall–Kier alpha value is -2.33. The third kappa shape index (κ3) is 4.95. The average molecular weight is 480 g/mol. The Morgan fingerprint density at radius 1 is 0.839 bits per heavy atom. The van der Waals surface area contributed by atoms with Gasteiger partial charge in [-0.05, 0) is 41.6 Å². The summed E-state index contributed by atoms with van der Waals surface area (Å²) in [7, 11) is -9.11. The van der Waals surface area contributed by atoms with Crippen LogP contribution in [0, 0.1) is 5.92 Å². The van der Waals surface area contributed by atoms with Crippen molar-refractivity contribution in [3.8, 4) is 0 Å². The molecule has 0 fully saturated rings. The van der Waals surface area contributed by atoms with Gasteiger partial charge >= 0.3 is 0 Å². The summed E-state index contributed by atoms with van der Waals surface area (Å²) >= 11 is 1.31. The first-order chi connectivity index (χ1) is 14.7. The monoisotopic (exact) mass is 479 g/mol. The first kappa shape index (κ1) is 23.3. The molecule has 0 atom stereocenters. The highest BCUT2D eigenvalue weighted by Crippen LogP contribution is 2.33. The van der Waals surface area contributed by atoms with E-state index in [1.165, 1.54) is 59.9 Å². The molecule has 0 N–H and O–H groups in total. The van der Waals surface area contributed by atoms with Gasteiger partial charge in [0.25, 0.3) is 20.0 Å². The minimum atomic E-state index is -4.56. The molecule has 0 radical (unpaired) electrons. The number of thiophene rings is 1. The highest BCUT2D eigenvalue weighted by Gasteiger charge is 2.38. The van der Waals surface area contributed by atoms with Crippen LogP contribution in [-0.2, 0) is 20.0 Å². The maximum absolute atomic E-state index is 15.5. The highest BCUT2D eigenvalue weighted by atomic mass is 32.3. The zero-order chi connectivity index (χ0) is 22.6. The fourth-order valence-corrected chi connectivity index (χ4v) is 7.60. The fourth-order valence-electron chi connectivity index (χ4n) is 3.08. The number of halogens is 1. The van der Waals surface area contributed by atoms with Crippen LogP contribution in [0.4, 0.5) is 4.39 Å². The van der Waals surface area contributed by atoms with Gasteiger partial charge in [0.2, 0.25) is 0 Å². The van der Waals surface area contributed by atoms with E-state index in [1.807, 2.05) is 0 Å². The number of allylic oxidation sites excluding steroid dienone is 1. The second-order valence-electron chi connectivity index (χ2n) is 7.02. The topological polar surface area (TPSA) is 71.5 Å². The van der Waals surface area contributed by atoms with Crippen molar-refractivity contribution in [2.24, 2.45) is 5.92 Å². The molecule has 9 heteroatoms. The van der Waals surface area contributed by atoms with Crippen LogP contribution >= 0.6 is 11.3 Å². The van der Waals surface area contributed by atoms with E-state index in [0.29, 0.717) is 4.88 Å². The second kappa shape index (κ2) is 9.44. The number of hydrogen-bond donors (Lipinski definition) is 0. The largest absolute Gasteiger partial charge is 0.256 e. The van der Waals surface area contributed by atoms with Gasteiger partial charge in [-0.25, -0.2) is 21.2 Å². The van der Waals surface area contributed by atoms with Gasteiger partial charge in [-0.2, -0.15) is 0 Å². The third-order valence-electron chi connectivity index (χ3n) is 4.54. The summed E-state index contributed by atoms with van der Waals surface area (Å²) in [6.07, 6.45) is 0. The number of hydrogen-bond acceptors (Lipinski definition) is 5. The number of sulfonamides is 2. The van der Waals surface area contributed by atoms with Gasteiger partial charge in [-0.3, -0.25) is 0 Å². The summed E-state index contributed by atoms with van der Waals surface area (Å²) in [5, 5.41) is 1.78. The maximum atomic E-state index is 15.5. The lowest BCUT2D eigenvalue weighted by Gasteiger charge is -2.23. The van der Waals surface area contributed by atoms with Gasteiger partial charge in [0, 0.05) is 10.5 Å². The third-order valence-corrected chi connectivity index (χ3v) is 9.69. The molecular weight excluding hydrogens is 457 g/mol. The Kier molecular flexibility index (Phi) is 7.10. The summed E-state index contributed by atoms with van der Waals surface area (Å²) in [6.45, 7) is 2.62. The summed E-state index contributed by atoms with van der Waals surface area (Å²) in [4.78, 5) is 0.163. The lowest BCUT2D eigenvalue weighted by atomic mass is 10.0. The number of nitrogens with zero attached hydrogens (tertiary/aromatic N) is 1. The van der Waals surface area contributed by atoms with Crippen LogP contribution < -0.4 is 0 Å². The lowest BCUT2D eigenvalue weighted by molar-refractivity contribution is 0.480. The van der Waals surface area contributed by atoms with Crippen LogP contribution in [0.25, 0.3) is 5.57 Å². The van der Waals surface area contributed by atoms with Crippen LogP contribution in [0.2, 0.25) is 0 Å². The van der Waals surface area contributed by atoms with Gasteiger partial charge in [-0.1, -0.05) is 60.0 Å². The van der Waals surface area contributed by atoms with E-state index >= 15 is 4.39 Å². The SMILES string of the molecule is CC(C)/C(=C(/F)CN(S(=O)(=O)c1ccccc1)S(=O)(=O)c1ccccc1)c1cccs1. The molecule has 0 amide bonds. The molecule has 0 aliphatic rings. The van der Waals surface area contributed by atoms with Crippen LogP contribution in [0.15, 0.2) is 93.8 Å². The van der Waals surface area contributed by atoms with E-state index in [4.69, 9.17) is 0 Å². The van der Waals surface area contributed by atoms with Crippen molar-refractivity contribution in [3.05, 3.63) is 88.9 Å². The Bertz CT molecular complexity index is 1180. The molecule has 0 saturated heterocycles. The predicted octanol–water partition coefficient (Wildman–Crippen LogP) is 5.16. The second-order valence-corrected chi connectivity index (χ2v) is 11.9. The Balaban J connectivity index is 2.19. The van der Waals surface area contributed by atoms with Crippen molar-refractivity contribution in [2.75, 3.05) is 6.54 Å². The molecule has 0 saturated carbocycles. The zero-order valence-corrected chi connectivity index (χ0v) is 19.4. The molecule has 0 aliphatic heterocycles. The summed E-state index contributed by atoms with van der Waals surface area (Å²) in [5.41, 5.74) is 0.284. The van der Waals surface area contributed by atoms with E-state index in [0.717, 1.165) is 0 Å². The molecule has 3 rings (SSSR count). The van der Waals surface area contributed by atoms with Crippen LogP contribution in [0.5, 0.6) is 0 Å². The van der Waals surface area contributed by atoms with Crippen molar-refractivity contribution in [3.63, 3.8) is 0 Å². The smallest absolute Gasteiger partial charge is 0.210 e. The van der Waals surface area contributed by atoms with E-state index in [9.17, 15) is 16.8 Å². The van der Waals surface area contributed by atoms with Crippen molar-refractivity contribution >= 4 is 37.0 Å². The Morgan fingerprint density at radius 2 is 1.32 bits per heavy atom. The molecule has 0 spiro atoms. The molecule has 164 valence electrons. The first-order valence-electron chi connectivity index (χ1n) is 9.46. The maximum Gasteiger partial charge on any atom is 0.256 e. The lowest BCUT2D eigenvalue weighted by Crippen LogP contribution is -2.38. The minimum absolute atomic E-state index is 0.232. The summed E-state index contributed by atoms with van der Waals surface area (Å²) in [6, 6.07) is 17.8. The summed E-state index contributed by atoms with van der Waals surface area (Å²) < 4.78 is 69.1. The molecule has 1 heterocycles. The molecule has 0 bridgehead atoms. The van der Waals surface area contributed by atoms with Crippen molar-refractivity contribution < 1.29 is 21.2 Å². The van der Waals surface area contributed by atoms with Crippen LogP contribution in [0.1, 0.15) is 18.7 Å². The molecular formula is C22H22FNO4S3. The van der Waals surface area contributed by atoms with Gasteiger partial charge < -0.3 is 0 Å². The minimum Gasteiger partial charge on any atom is -0.210 e. The van der Waals surface area contributed by atoms with Crippen LogP contribution in [0.3, 0.4) is 0 Å². The number of rotatable bonds is 8. The molecule has 2 aromatic carbocycles. The quantitative estimate of drug-likeness (QED) is 0.447. The fraction of sp³-hybridized carbons (Fsp3) is 0.182. The standard InChI is InChI=1S/C22H22FNO4S3/c1-17(2)22(21-14-9-15-29-21)20(23)16-24(30(25,26)18-10-5-3-6-11-18)31(27,28)19-12-7-4-8-13-19/h3-15,17H,16H2,1-2H3/b22-20-. The van der Waals surface area contributed by atoms with E-state index < -0.39 is 32.4 Å². The van der Waals surface area contributed by atoms with Crippen molar-refractivity contribution in [2.45, 2.75) is 23.6 Å².